The molecule has 3 rings (SSSR count). The van der Waals surface area contributed by atoms with Crippen LogP contribution in [-0.4, -0.2) is 11.6 Å². The smallest absolute Gasteiger partial charge is 0.185 e. The van der Waals surface area contributed by atoms with Gasteiger partial charge in [0.1, 0.15) is 0 Å². The van der Waals surface area contributed by atoms with Crippen molar-refractivity contribution >= 4 is 23.7 Å². The second-order valence-electron chi connectivity index (χ2n) is 6.33. The first-order valence-electron chi connectivity index (χ1n) is 9.12. The molecule has 0 aliphatic rings. The van der Waals surface area contributed by atoms with Gasteiger partial charge in [0.15, 0.2) is 11.6 Å². The van der Waals surface area contributed by atoms with Crippen LogP contribution in [0.4, 0.5) is 0 Å². The van der Waals surface area contributed by atoms with Crippen LogP contribution in [0.3, 0.4) is 0 Å². The average Bonchev–Trinajstić information content (AvgIpc) is 2.72. The zero-order valence-electron chi connectivity index (χ0n) is 16.2. The molecule has 0 atom stereocenters. The standard InChI is InChI=1S/C16H14O.C10H10O/c1-13-6-5-7-14(12-13)10-11-16(17)15-8-3-2-4-9-15;1-9(11)7-8-10-5-3-2-4-6-10/h2-12H,1H3;2-8H,1H3/b11-10+;8-7+. The normalized spacial score (nSPS) is 10.5. The second kappa shape index (κ2) is 11.2. The van der Waals surface area contributed by atoms with E-state index in [2.05, 4.69) is 6.07 Å². The summed E-state index contributed by atoms with van der Waals surface area (Å²) < 4.78 is 0. The van der Waals surface area contributed by atoms with Crippen molar-refractivity contribution in [3.05, 3.63) is 119 Å². The van der Waals surface area contributed by atoms with Gasteiger partial charge in [-0.05, 0) is 37.1 Å². The van der Waals surface area contributed by atoms with Crippen molar-refractivity contribution in [1.29, 1.82) is 0 Å². The summed E-state index contributed by atoms with van der Waals surface area (Å²) in [7, 11) is 0. The predicted molar refractivity (Wildman–Crippen MR) is 117 cm³/mol. The molecule has 3 aromatic carbocycles. The summed E-state index contributed by atoms with van der Waals surface area (Å²) in [6.45, 7) is 3.58. The predicted octanol–water partition coefficient (Wildman–Crippen LogP) is 6.18. The lowest BCUT2D eigenvalue weighted by atomic mass is 10.1. The molecule has 28 heavy (non-hydrogen) atoms. The van der Waals surface area contributed by atoms with Crippen LogP contribution in [0, 0.1) is 6.92 Å². The number of benzene rings is 3. The summed E-state index contributed by atoms with van der Waals surface area (Å²) in [5, 5.41) is 0. The summed E-state index contributed by atoms with van der Waals surface area (Å²) in [6, 6.07) is 27.1. The summed E-state index contributed by atoms with van der Waals surface area (Å²) in [5.41, 5.74) is 4.02. The number of hydrogen-bond acceptors (Lipinski definition) is 2. The Bertz CT molecular complexity index is 952. The molecule has 3 aromatic rings. The summed E-state index contributed by atoms with van der Waals surface area (Å²) >= 11 is 0. The summed E-state index contributed by atoms with van der Waals surface area (Å²) in [6.07, 6.45) is 6.84. The van der Waals surface area contributed by atoms with Gasteiger partial charge in [-0.1, -0.05) is 103 Å². The Labute approximate surface area is 166 Å². The Hall–Kier alpha value is -3.52. The van der Waals surface area contributed by atoms with Gasteiger partial charge in [-0.3, -0.25) is 9.59 Å². The number of ketones is 2. The molecule has 2 heteroatoms. The molecule has 0 saturated heterocycles. The molecule has 0 amide bonds. The van der Waals surface area contributed by atoms with E-state index in [-0.39, 0.29) is 11.6 Å². The van der Waals surface area contributed by atoms with Crippen LogP contribution in [0.5, 0.6) is 0 Å². The van der Waals surface area contributed by atoms with E-state index in [0.717, 1.165) is 16.7 Å². The van der Waals surface area contributed by atoms with E-state index in [1.54, 1.807) is 19.1 Å². The number of aryl methyl sites for hydroxylation is 1. The number of allylic oxidation sites excluding steroid dienone is 2. The minimum absolute atomic E-state index is 0.0344. The molecule has 0 saturated carbocycles. The Morgan fingerprint density at radius 1 is 0.679 bits per heavy atom. The summed E-state index contributed by atoms with van der Waals surface area (Å²) in [4.78, 5) is 22.3. The largest absolute Gasteiger partial charge is 0.295 e. The maximum atomic E-state index is 11.8. The van der Waals surface area contributed by atoms with Gasteiger partial charge < -0.3 is 0 Å². The first kappa shape index (κ1) is 20.8. The Kier molecular flexibility index (Phi) is 8.35. The van der Waals surface area contributed by atoms with Crippen molar-refractivity contribution in [2.24, 2.45) is 0 Å². The van der Waals surface area contributed by atoms with Gasteiger partial charge >= 0.3 is 0 Å². The van der Waals surface area contributed by atoms with Crippen LogP contribution in [0.25, 0.3) is 12.2 Å². The number of carbonyl (C=O) groups is 2. The van der Waals surface area contributed by atoms with Gasteiger partial charge in [0, 0.05) is 5.56 Å². The third kappa shape index (κ3) is 7.79. The molecule has 0 aromatic heterocycles. The molecule has 0 aliphatic carbocycles. The Balaban J connectivity index is 0.000000221. The molecule has 0 unspecified atom stereocenters. The average molecular weight is 368 g/mol. The minimum atomic E-state index is 0.0344. The molecule has 2 nitrogen and oxygen atoms in total. The number of rotatable bonds is 5. The lowest BCUT2D eigenvalue weighted by molar-refractivity contribution is -0.112. The van der Waals surface area contributed by atoms with Gasteiger partial charge in [0.2, 0.25) is 0 Å². The van der Waals surface area contributed by atoms with Crippen molar-refractivity contribution in [3.63, 3.8) is 0 Å². The van der Waals surface area contributed by atoms with Crippen LogP contribution in [0.2, 0.25) is 0 Å². The van der Waals surface area contributed by atoms with E-state index < -0.39 is 0 Å². The van der Waals surface area contributed by atoms with E-state index in [1.165, 1.54) is 5.56 Å². The molecule has 0 heterocycles. The van der Waals surface area contributed by atoms with Gasteiger partial charge in [-0.15, -0.1) is 0 Å². The quantitative estimate of drug-likeness (QED) is 0.398. The third-order valence-corrected chi connectivity index (χ3v) is 3.84. The van der Waals surface area contributed by atoms with Gasteiger partial charge in [0.25, 0.3) is 0 Å². The third-order valence-electron chi connectivity index (χ3n) is 3.84. The first-order valence-corrected chi connectivity index (χ1v) is 9.12. The van der Waals surface area contributed by atoms with Crippen LogP contribution < -0.4 is 0 Å². The monoisotopic (exact) mass is 368 g/mol. The van der Waals surface area contributed by atoms with E-state index in [4.69, 9.17) is 0 Å². The molecule has 140 valence electrons. The van der Waals surface area contributed by atoms with Crippen molar-refractivity contribution in [2.45, 2.75) is 13.8 Å². The minimum Gasteiger partial charge on any atom is -0.295 e. The van der Waals surface area contributed by atoms with E-state index in [0.29, 0.717) is 0 Å². The molecule has 0 radical (unpaired) electrons. The zero-order chi connectivity index (χ0) is 20.2. The van der Waals surface area contributed by atoms with Crippen LogP contribution in [0.1, 0.15) is 34.0 Å². The van der Waals surface area contributed by atoms with Crippen LogP contribution in [0.15, 0.2) is 97.1 Å². The molecule has 0 fully saturated rings. The van der Waals surface area contributed by atoms with Gasteiger partial charge in [-0.2, -0.15) is 0 Å². The molecule has 0 N–H and O–H groups in total. The van der Waals surface area contributed by atoms with Crippen molar-refractivity contribution in [2.75, 3.05) is 0 Å². The fourth-order valence-electron chi connectivity index (χ4n) is 2.42. The van der Waals surface area contributed by atoms with Crippen LogP contribution >= 0.6 is 0 Å². The van der Waals surface area contributed by atoms with E-state index >= 15 is 0 Å². The number of carbonyl (C=O) groups excluding carboxylic acids is 2. The molecular formula is C26H24O2. The van der Waals surface area contributed by atoms with Crippen LogP contribution in [-0.2, 0) is 4.79 Å². The molecule has 0 spiro atoms. The van der Waals surface area contributed by atoms with Crippen molar-refractivity contribution in [1.82, 2.24) is 0 Å². The topological polar surface area (TPSA) is 34.1 Å². The SMILES string of the molecule is CC(=O)/C=C/c1ccccc1.Cc1cccc(/C=C/C(=O)c2ccccc2)c1. The molecular weight excluding hydrogens is 344 g/mol. The highest BCUT2D eigenvalue weighted by Gasteiger charge is 1.99. The van der Waals surface area contributed by atoms with Crippen molar-refractivity contribution in [3.8, 4) is 0 Å². The van der Waals surface area contributed by atoms with E-state index in [1.807, 2.05) is 97.9 Å². The highest BCUT2D eigenvalue weighted by Crippen LogP contribution is 2.08. The molecule has 0 bridgehead atoms. The maximum absolute atomic E-state index is 11.8. The van der Waals surface area contributed by atoms with E-state index in [9.17, 15) is 9.59 Å². The maximum Gasteiger partial charge on any atom is 0.185 e. The zero-order valence-corrected chi connectivity index (χ0v) is 16.2. The Morgan fingerprint density at radius 3 is 1.86 bits per heavy atom. The van der Waals surface area contributed by atoms with Gasteiger partial charge in [0.05, 0.1) is 0 Å². The Morgan fingerprint density at radius 2 is 1.25 bits per heavy atom. The lowest BCUT2D eigenvalue weighted by Crippen LogP contribution is -1.92. The highest BCUT2D eigenvalue weighted by molar-refractivity contribution is 6.06. The van der Waals surface area contributed by atoms with Gasteiger partial charge in [-0.25, -0.2) is 0 Å². The van der Waals surface area contributed by atoms with Crippen molar-refractivity contribution < 1.29 is 9.59 Å². The highest BCUT2D eigenvalue weighted by atomic mass is 16.1. The summed E-state index contributed by atoms with van der Waals surface area (Å²) in [5.74, 6) is 0.112. The fourth-order valence-corrected chi connectivity index (χ4v) is 2.42. The lowest BCUT2D eigenvalue weighted by Gasteiger charge is -1.96. The first-order chi connectivity index (χ1) is 13.5. The number of hydrogen-bond donors (Lipinski definition) is 0. The second-order valence-corrected chi connectivity index (χ2v) is 6.33. The molecule has 0 aliphatic heterocycles. The fraction of sp³-hybridized carbons (Fsp3) is 0.0769.